The number of hydrogen-bond acceptors (Lipinski definition) is 2. The number of carbonyl (C=O) groups excluding carboxylic acids is 1. The number of rotatable bonds is 7. The molecule has 23 heavy (non-hydrogen) atoms. The molecule has 0 spiro atoms. The lowest BCUT2D eigenvalue weighted by Crippen LogP contribution is -2.38. The first-order valence-electron chi connectivity index (χ1n) is 8.31. The number of nitrogens with one attached hydrogen (secondary N) is 2. The van der Waals surface area contributed by atoms with Crippen LogP contribution in [-0.4, -0.2) is 30.2 Å². The predicted molar refractivity (Wildman–Crippen MR) is 89.7 cm³/mol. The molecule has 0 bridgehead atoms. The Morgan fingerprint density at radius 2 is 1.91 bits per heavy atom. The van der Waals surface area contributed by atoms with Gasteiger partial charge in [-0.1, -0.05) is 38.1 Å². The number of carbonyl (C=O) groups is 2. The van der Waals surface area contributed by atoms with Gasteiger partial charge < -0.3 is 15.7 Å². The molecule has 1 aliphatic carbocycles. The minimum Gasteiger partial charge on any atom is -0.481 e. The normalized spacial score (nSPS) is 19.4. The summed E-state index contributed by atoms with van der Waals surface area (Å²) in [6, 6.07) is 8.28. The lowest BCUT2D eigenvalue weighted by molar-refractivity contribution is -0.137. The summed E-state index contributed by atoms with van der Waals surface area (Å²) in [6.07, 6.45) is 1.59. The molecule has 0 aromatic heterocycles. The van der Waals surface area contributed by atoms with Crippen LogP contribution in [0.3, 0.4) is 0 Å². The number of benzene rings is 1. The van der Waals surface area contributed by atoms with Crippen LogP contribution in [0.1, 0.15) is 56.1 Å². The van der Waals surface area contributed by atoms with Crippen molar-refractivity contribution in [3.05, 3.63) is 35.4 Å². The molecule has 0 radical (unpaired) electrons. The van der Waals surface area contributed by atoms with Gasteiger partial charge >= 0.3 is 12.0 Å². The predicted octanol–water partition coefficient (Wildman–Crippen LogP) is 3.08. The van der Waals surface area contributed by atoms with Crippen molar-refractivity contribution in [2.45, 2.75) is 44.9 Å². The summed E-state index contributed by atoms with van der Waals surface area (Å²) >= 11 is 0. The van der Waals surface area contributed by atoms with Gasteiger partial charge in [0, 0.05) is 25.4 Å². The van der Waals surface area contributed by atoms with Crippen LogP contribution >= 0.6 is 0 Å². The summed E-state index contributed by atoms with van der Waals surface area (Å²) in [5.74, 6) is 0.653. The Bertz CT molecular complexity index is 557. The number of carboxylic acids is 1. The summed E-state index contributed by atoms with van der Waals surface area (Å²) in [5.41, 5.74) is 2.76. The molecule has 0 heterocycles. The molecule has 5 nitrogen and oxygen atoms in total. The van der Waals surface area contributed by atoms with Gasteiger partial charge in [-0.2, -0.15) is 0 Å². The molecule has 0 fully saturated rings. The molecule has 2 amide bonds. The van der Waals surface area contributed by atoms with E-state index >= 15 is 0 Å². The molecule has 5 heteroatoms. The fourth-order valence-corrected chi connectivity index (χ4v) is 3.33. The van der Waals surface area contributed by atoms with Crippen molar-refractivity contribution in [3.63, 3.8) is 0 Å². The number of fused-ring (bicyclic) bond motifs is 1. The van der Waals surface area contributed by atoms with Gasteiger partial charge in [0.1, 0.15) is 0 Å². The van der Waals surface area contributed by atoms with Crippen molar-refractivity contribution < 1.29 is 14.7 Å². The molecular weight excluding hydrogens is 292 g/mol. The van der Waals surface area contributed by atoms with Crippen LogP contribution in [0.15, 0.2) is 24.3 Å². The van der Waals surface area contributed by atoms with Crippen LogP contribution in [0.25, 0.3) is 0 Å². The first kappa shape index (κ1) is 17.3. The highest BCUT2D eigenvalue weighted by Crippen LogP contribution is 2.44. The zero-order valence-corrected chi connectivity index (χ0v) is 13.8. The van der Waals surface area contributed by atoms with Gasteiger partial charge in [-0.3, -0.25) is 4.79 Å². The Balaban J connectivity index is 1.82. The van der Waals surface area contributed by atoms with Crippen molar-refractivity contribution in [1.82, 2.24) is 10.6 Å². The number of carboxylic acid groups (broad SMARTS) is 1. The van der Waals surface area contributed by atoms with Crippen LogP contribution in [-0.2, 0) is 4.79 Å². The van der Waals surface area contributed by atoms with E-state index in [1.54, 1.807) is 0 Å². The van der Waals surface area contributed by atoms with Gasteiger partial charge in [-0.15, -0.1) is 0 Å². The van der Waals surface area contributed by atoms with Crippen LogP contribution in [0.5, 0.6) is 0 Å². The Hall–Kier alpha value is -2.04. The lowest BCUT2D eigenvalue weighted by Gasteiger charge is -2.16. The molecular formula is C18H26N2O3. The highest BCUT2D eigenvalue weighted by Gasteiger charge is 2.32. The van der Waals surface area contributed by atoms with Crippen LogP contribution in [0.2, 0.25) is 0 Å². The van der Waals surface area contributed by atoms with E-state index in [2.05, 4.69) is 48.7 Å². The average Bonchev–Trinajstić information content (AvgIpc) is 2.88. The molecule has 1 aliphatic rings. The first-order chi connectivity index (χ1) is 11.0. The second-order valence-electron chi connectivity index (χ2n) is 6.55. The van der Waals surface area contributed by atoms with E-state index in [0.29, 0.717) is 37.3 Å². The third kappa shape index (κ3) is 4.71. The van der Waals surface area contributed by atoms with Gasteiger partial charge in [0.05, 0.1) is 0 Å². The number of hydrogen-bond donors (Lipinski definition) is 3. The molecule has 0 unspecified atom stereocenters. The molecule has 126 valence electrons. The second kappa shape index (κ2) is 7.99. The van der Waals surface area contributed by atoms with Gasteiger partial charge in [0.15, 0.2) is 0 Å². The van der Waals surface area contributed by atoms with E-state index < -0.39 is 5.97 Å². The quantitative estimate of drug-likeness (QED) is 0.676. The average molecular weight is 318 g/mol. The maximum Gasteiger partial charge on any atom is 0.314 e. The van der Waals surface area contributed by atoms with Crippen molar-refractivity contribution >= 4 is 12.0 Å². The Kier molecular flexibility index (Phi) is 6.02. The number of amides is 2. The van der Waals surface area contributed by atoms with Crippen LogP contribution in [0, 0.1) is 5.92 Å². The highest BCUT2D eigenvalue weighted by molar-refractivity contribution is 5.74. The Morgan fingerprint density at radius 1 is 1.22 bits per heavy atom. The lowest BCUT2D eigenvalue weighted by atomic mass is 9.90. The third-order valence-corrected chi connectivity index (χ3v) is 4.54. The van der Waals surface area contributed by atoms with E-state index in [0.717, 1.165) is 6.42 Å². The number of aliphatic carboxylic acids is 1. The van der Waals surface area contributed by atoms with E-state index in [1.165, 1.54) is 11.1 Å². The maximum absolute atomic E-state index is 11.8. The molecule has 1 aromatic carbocycles. The first-order valence-corrected chi connectivity index (χ1v) is 8.31. The SMILES string of the molecule is CC(C)[C@@H]1C[C@@H](CNC(=O)NCCCC(=O)O)c2ccccc21. The fourth-order valence-electron chi connectivity index (χ4n) is 3.33. The summed E-state index contributed by atoms with van der Waals surface area (Å²) < 4.78 is 0. The zero-order chi connectivity index (χ0) is 16.8. The molecule has 2 rings (SSSR count). The van der Waals surface area contributed by atoms with E-state index in [9.17, 15) is 9.59 Å². The minimum absolute atomic E-state index is 0.0757. The smallest absolute Gasteiger partial charge is 0.314 e. The summed E-state index contributed by atoms with van der Waals surface area (Å²) in [7, 11) is 0. The zero-order valence-electron chi connectivity index (χ0n) is 13.8. The molecule has 0 saturated heterocycles. The van der Waals surface area contributed by atoms with E-state index in [1.807, 2.05) is 0 Å². The Morgan fingerprint density at radius 3 is 2.57 bits per heavy atom. The monoisotopic (exact) mass is 318 g/mol. The van der Waals surface area contributed by atoms with Gasteiger partial charge in [-0.05, 0) is 35.8 Å². The molecule has 0 aliphatic heterocycles. The van der Waals surface area contributed by atoms with Crippen molar-refractivity contribution in [2.24, 2.45) is 5.92 Å². The van der Waals surface area contributed by atoms with E-state index in [-0.39, 0.29) is 12.5 Å². The van der Waals surface area contributed by atoms with Gasteiger partial charge in [0.25, 0.3) is 0 Å². The van der Waals surface area contributed by atoms with Gasteiger partial charge in [0.2, 0.25) is 0 Å². The molecule has 1 aromatic rings. The maximum atomic E-state index is 11.8. The fraction of sp³-hybridized carbons (Fsp3) is 0.556. The van der Waals surface area contributed by atoms with Crippen molar-refractivity contribution in [3.8, 4) is 0 Å². The van der Waals surface area contributed by atoms with Crippen molar-refractivity contribution in [2.75, 3.05) is 13.1 Å². The minimum atomic E-state index is -0.838. The Labute approximate surface area is 137 Å². The van der Waals surface area contributed by atoms with E-state index in [4.69, 9.17) is 5.11 Å². The molecule has 0 saturated carbocycles. The second-order valence-corrected chi connectivity index (χ2v) is 6.55. The standard InChI is InChI=1S/C18H26N2O3/c1-12(2)16-10-13(14-6-3-4-7-15(14)16)11-20-18(23)19-9-5-8-17(21)22/h3-4,6-7,12-13,16H,5,8-11H2,1-2H3,(H,21,22)(H2,19,20,23)/t13-,16-/m0/s1. The summed E-state index contributed by atoms with van der Waals surface area (Å²) in [6.45, 7) is 5.48. The van der Waals surface area contributed by atoms with Gasteiger partial charge in [-0.25, -0.2) is 4.79 Å². The topological polar surface area (TPSA) is 78.4 Å². The summed E-state index contributed by atoms with van der Waals surface area (Å²) in [5, 5.41) is 14.2. The molecule has 2 atom stereocenters. The highest BCUT2D eigenvalue weighted by atomic mass is 16.4. The van der Waals surface area contributed by atoms with Crippen LogP contribution in [0.4, 0.5) is 4.79 Å². The molecule has 3 N–H and O–H groups in total. The van der Waals surface area contributed by atoms with Crippen molar-refractivity contribution in [1.29, 1.82) is 0 Å². The largest absolute Gasteiger partial charge is 0.481 e. The van der Waals surface area contributed by atoms with Crippen LogP contribution < -0.4 is 10.6 Å². The number of urea groups is 1. The summed E-state index contributed by atoms with van der Waals surface area (Å²) in [4.78, 5) is 22.2. The third-order valence-electron chi connectivity index (χ3n) is 4.54.